The number of hydrogen-bond donors (Lipinski definition) is 2. The first-order chi connectivity index (χ1) is 16.0. The van der Waals surface area contributed by atoms with E-state index >= 15 is 0 Å². The Labute approximate surface area is 196 Å². The first kappa shape index (κ1) is 23.5. The average Bonchev–Trinajstić information content (AvgIpc) is 2.83. The summed E-state index contributed by atoms with van der Waals surface area (Å²) in [6.45, 7) is 5.83. The molecule has 2 aromatic carbocycles. The van der Waals surface area contributed by atoms with Crippen molar-refractivity contribution in [1.82, 2.24) is 15.1 Å². The standard InChI is InChI=1S/C27H35N3O3/c1-20(31)30-13-9-21(10-14-30)15-22-5-4-8-24(16-22)27(33)28-17-26(32)19-29-12-11-23-6-2-3-7-25(23)18-29/h2-8,16,21,26,32H,9-15,17-19H2,1H3,(H,28,33)/t26-/m0/s1. The van der Waals surface area contributed by atoms with Gasteiger partial charge in [-0.3, -0.25) is 14.5 Å². The Morgan fingerprint density at radius 2 is 1.82 bits per heavy atom. The van der Waals surface area contributed by atoms with Crippen LogP contribution in [-0.4, -0.2) is 65.5 Å². The molecule has 0 aromatic heterocycles. The van der Waals surface area contributed by atoms with Gasteiger partial charge in [0, 0.05) is 51.8 Å². The predicted molar refractivity (Wildman–Crippen MR) is 129 cm³/mol. The smallest absolute Gasteiger partial charge is 0.251 e. The lowest BCUT2D eigenvalue weighted by Gasteiger charge is -2.31. The van der Waals surface area contributed by atoms with Crippen molar-refractivity contribution in [1.29, 1.82) is 0 Å². The summed E-state index contributed by atoms with van der Waals surface area (Å²) >= 11 is 0. The third-order valence-electron chi connectivity index (χ3n) is 6.95. The first-order valence-corrected chi connectivity index (χ1v) is 12.1. The van der Waals surface area contributed by atoms with Crippen molar-refractivity contribution in [2.45, 2.75) is 45.3 Å². The predicted octanol–water partition coefficient (Wildman–Crippen LogP) is 2.64. The number of amides is 2. The number of likely N-dealkylation sites (tertiary alicyclic amines) is 1. The lowest BCUT2D eigenvalue weighted by molar-refractivity contribution is -0.130. The number of fused-ring (bicyclic) bond motifs is 1. The summed E-state index contributed by atoms with van der Waals surface area (Å²) in [5.41, 5.74) is 4.49. The van der Waals surface area contributed by atoms with Crippen LogP contribution in [0.4, 0.5) is 0 Å². The summed E-state index contributed by atoms with van der Waals surface area (Å²) in [4.78, 5) is 28.4. The highest BCUT2D eigenvalue weighted by atomic mass is 16.3. The normalized spacial score (nSPS) is 17.9. The van der Waals surface area contributed by atoms with Gasteiger partial charge in [0.2, 0.25) is 5.91 Å². The zero-order valence-electron chi connectivity index (χ0n) is 19.5. The zero-order valence-corrected chi connectivity index (χ0v) is 19.5. The average molecular weight is 450 g/mol. The number of carbonyl (C=O) groups excluding carboxylic acids is 2. The first-order valence-electron chi connectivity index (χ1n) is 12.1. The molecule has 2 N–H and O–H groups in total. The maximum Gasteiger partial charge on any atom is 0.251 e. The van der Waals surface area contributed by atoms with Gasteiger partial charge in [-0.25, -0.2) is 0 Å². The fourth-order valence-electron chi connectivity index (χ4n) is 5.01. The molecule has 1 atom stereocenters. The molecule has 6 nitrogen and oxygen atoms in total. The molecule has 4 rings (SSSR count). The molecule has 2 aliphatic heterocycles. The summed E-state index contributed by atoms with van der Waals surface area (Å²) in [7, 11) is 0. The maximum absolute atomic E-state index is 12.7. The summed E-state index contributed by atoms with van der Waals surface area (Å²) < 4.78 is 0. The molecule has 6 heteroatoms. The Hall–Kier alpha value is -2.70. The highest BCUT2D eigenvalue weighted by Gasteiger charge is 2.22. The van der Waals surface area contributed by atoms with E-state index in [1.54, 1.807) is 6.92 Å². The van der Waals surface area contributed by atoms with Crippen LogP contribution < -0.4 is 5.32 Å². The molecule has 0 aliphatic carbocycles. The fourth-order valence-corrected chi connectivity index (χ4v) is 5.01. The monoisotopic (exact) mass is 449 g/mol. The third kappa shape index (κ3) is 6.42. The molecule has 33 heavy (non-hydrogen) atoms. The molecule has 0 spiro atoms. The van der Waals surface area contributed by atoms with E-state index in [9.17, 15) is 14.7 Å². The minimum atomic E-state index is -0.603. The van der Waals surface area contributed by atoms with Crippen LogP contribution in [0, 0.1) is 5.92 Å². The molecule has 176 valence electrons. The molecule has 0 radical (unpaired) electrons. The summed E-state index contributed by atoms with van der Waals surface area (Å²) in [6, 6.07) is 16.2. The molecular weight excluding hydrogens is 414 g/mol. The maximum atomic E-state index is 12.7. The molecule has 2 aromatic rings. The Morgan fingerprint density at radius 1 is 1.06 bits per heavy atom. The Balaban J connectivity index is 1.23. The second-order valence-electron chi connectivity index (χ2n) is 9.47. The van der Waals surface area contributed by atoms with Gasteiger partial charge in [-0.05, 0) is 60.4 Å². The minimum Gasteiger partial charge on any atom is -0.390 e. The quantitative estimate of drug-likeness (QED) is 0.682. The van der Waals surface area contributed by atoms with Crippen molar-refractivity contribution in [2.24, 2.45) is 5.92 Å². The van der Waals surface area contributed by atoms with Crippen LogP contribution in [0.2, 0.25) is 0 Å². The molecule has 1 saturated heterocycles. The van der Waals surface area contributed by atoms with Crippen LogP contribution >= 0.6 is 0 Å². The molecule has 1 fully saturated rings. The molecule has 2 aliphatic rings. The number of hydrogen-bond acceptors (Lipinski definition) is 4. The van der Waals surface area contributed by atoms with E-state index in [-0.39, 0.29) is 18.4 Å². The summed E-state index contributed by atoms with van der Waals surface area (Å²) in [6.07, 6.45) is 3.32. The van der Waals surface area contributed by atoms with Crippen LogP contribution in [0.1, 0.15) is 46.8 Å². The zero-order chi connectivity index (χ0) is 23.2. The Morgan fingerprint density at radius 3 is 2.58 bits per heavy atom. The van der Waals surface area contributed by atoms with Gasteiger partial charge in [-0.1, -0.05) is 36.4 Å². The van der Waals surface area contributed by atoms with E-state index in [4.69, 9.17) is 0 Å². The van der Waals surface area contributed by atoms with Crippen molar-refractivity contribution in [3.05, 3.63) is 70.8 Å². The van der Waals surface area contributed by atoms with E-state index in [1.165, 1.54) is 11.1 Å². The molecule has 0 bridgehead atoms. The number of aliphatic hydroxyl groups is 1. The molecule has 0 unspecified atom stereocenters. The van der Waals surface area contributed by atoms with E-state index in [2.05, 4.69) is 40.5 Å². The largest absolute Gasteiger partial charge is 0.390 e. The van der Waals surface area contributed by atoms with Crippen molar-refractivity contribution in [3.63, 3.8) is 0 Å². The van der Waals surface area contributed by atoms with Crippen molar-refractivity contribution in [3.8, 4) is 0 Å². The van der Waals surface area contributed by atoms with E-state index in [0.717, 1.165) is 57.4 Å². The Bertz CT molecular complexity index is 969. The highest BCUT2D eigenvalue weighted by Crippen LogP contribution is 2.22. The van der Waals surface area contributed by atoms with E-state index in [0.29, 0.717) is 18.0 Å². The van der Waals surface area contributed by atoms with Crippen LogP contribution in [0.25, 0.3) is 0 Å². The minimum absolute atomic E-state index is 0.147. The van der Waals surface area contributed by atoms with Gasteiger partial charge < -0.3 is 15.3 Å². The number of benzene rings is 2. The highest BCUT2D eigenvalue weighted by molar-refractivity contribution is 5.94. The summed E-state index contributed by atoms with van der Waals surface area (Å²) in [5.74, 6) is 0.543. The van der Waals surface area contributed by atoms with Crippen LogP contribution in [0.15, 0.2) is 48.5 Å². The van der Waals surface area contributed by atoms with Crippen molar-refractivity contribution >= 4 is 11.8 Å². The van der Waals surface area contributed by atoms with Gasteiger partial charge in [-0.15, -0.1) is 0 Å². The molecule has 2 heterocycles. The number of β-amino-alcohol motifs (C(OH)–C–C–N with tert-alkyl or cyclic N) is 1. The van der Waals surface area contributed by atoms with Gasteiger partial charge in [0.25, 0.3) is 5.91 Å². The fraction of sp³-hybridized carbons (Fsp3) is 0.481. The summed E-state index contributed by atoms with van der Waals surface area (Å²) in [5, 5.41) is 13.4. The van der Waals surface area contributed by atoms with E-state index in [1.807, 2.05) is 23.1 Å². The number of piperidine rings is 1. The third-order valence-corrected chi connectivity index (χ3v) is 6.95. The van der Waals surface area contributed by atoms with Crippen LogP contribution in [0.3, 0.4) is 0 Å². The number of nitrogens with one attached hydrogen (secondary N) is 1. The molecular formula is C27H35N3O3. The molecule has 0 saturated carbocycles. The van der Waals surface area contributed by atoms with Gasteiger partial charge >= 0.3 is 0 Å². The SMILES string of the molecule is CC(=O)N1CCC(Cc2cccc(C(=O)NC[C@H](O)CN3CCc4ccccc4C3)c2)CC1. The van der Waals surface area contributed by atoms with Crippen LogP contribution in [-0.2, 0) is 24.2 Å². The van der Waals surface area contributed by atoms with Crippen LogP contribution in [0.5, 0.6) is 0 Å². The van der Waals surface area contributed by atoms with Gasteiger partial charge in [0.1, 0.15) is 0 Å². The lowest BCUT2D eigenvalue weighted by atomic mass is 9.89. The molecule has 2 amide bonds. The second-order valence-corrected chi connectivity index (χ2v) is 9.47. The van der Waals surface area contributed by atoms with Gasteiger partial charge in [0.05, 0.1) is 6.10 Å². The number of rotatable bonds is 7. The van der Waals surface area contributed by atoms with E-state index < -0.39 is 6.10 Å². The second kappa shape index (κ2) is 10.9. The Kier molecular flexibility index (Phi) is 7.78. The van der Waals surface area contributed by atoms with Crippen molar-refractivity contribution < 1.29 is 14.7 Å². The van der Waals surface area contributed by atoms with Crippen molar-refractivity contribution in [2.75, 3.05) is 32.7 Å². The number of nitrogens with zero attached hydrogens (tertiary/aromatic N) is 2. The van der Waals surface area contributed by atoms with Gasteiger partial charge in [0.15, 0.2) is 0 Å². The number of aliphatic hydroxyl groups excluding tert-OH is 1. The topological polar surface area (TPSA) is 72.9 Å². The van der Waals surface area contributed by atoms with Gasteiger partial charge in [-0.2, -0.15) is 0 Å². The lowest BCUT2D eigenvalue weighted by Crippen LogP contribution is -2.42. The number of carbonyl (C=O) groups is 2.